The van der Waals surface area contributed by atoms with E-state index in [9.17, 15) is 9.59 Å². The molecule has 8 nitrogen and oxygen atoms in total. The summed E-state index contributed by atoms with van der Waals surface area (Å²) in [5.74, 6) is 1.34. The number of carbonyl (C=O) groups excluding carboxylic acids is 2. The van der Waals surface area contributed by atoms with Gasteiger partial charge < -0.3 is 23.8 Å². The molecule has 2 amide bonds. The molecule has 3 heterocycles. The zero-order valence-corrected chi connectivity index (χ0v) is 17.6. The number of rotatable bonds is 3. The van der Waals surface area contributed by atoms with Crippen molar-refractivity contribution in [1.29, 1.82) is 0 Å². The number of ether oxygens (including phenoxy) is 2. The lowest BCUT2D eigenvalue weighted by molar-refractivity contribution is -0.133. The summed E-state index contributed by atoms with van der Waals surface area (Å²) in [6.07, 6.45) is 0.229. The van der Waals surface area contributed by atoms with Gasteiger partial charge in [0.15, 0.2) is 0 Å². The van der Waals surface area contributed by atoms with Crippen LogP contribution in [0.15, 0.2) is 22.7 Å². The Bertz CT molecular complexity index is 929. The van der Waals surface area contributed by atoms with Crippen LogP contribution in [0.3, 0.4) is 0 Å². The summed E-state index contributed by atoms with van der Waals surface area (Å²) >= 11 is 0. The third kappa shape index (κ3) is 4.05. The van der Waals surface area contributed by atoms with Gasteiger partial charge in [-0.2, -0.15) is 0 Å². The molecule has 1 aromatic heterocycles. The van der Waals surface area contributed by atoms with E-state index in [1.165, 1.54) is 0 Å². The Hall–Kier alpha value is -2.87. The van der Waals surface area contributed by atoms with E-state index in [0.29, 0.717) is 56.5 Å². The van der Waals surface area contributed by atoms with Crippen LogP contribution in [0.25, 0.3) is 0 Å². The molecule has 1 unspecified atom stereocenters. The number of nitrogens with zero attached hydrogens (tertiary/aromatic N) is 3. The van der Waals surface area contributed by atoms with Crippen LogP contribution in [-0.4, -0.2) is 65.7 Å². The van der Waals surface area contributed by atoms with Gasteiger partial charge in [-0.3, -0.25) is 9.59 Å². The molecule has 0 saturated carbocycles. The number of fused-ring (bicyclic) bond motifs is 1. The molecular formula is C22H27N3O5. The SMILES string of the molecule is Cc1noc(C)c1CC(=O)N1Cc2cc(C(=O)N3CCOCC3)ccc2OCC1C. The predicted molar refractivity (Wildman–Crippen MR) is 108 cm³/mol. The number of carbonyl (C=O) groups is 2. The van der Waals surface area contributed by atoms with Crippen molar-refractivity contribution in [3.8, 4) is 5.75 Å². The molecule has 1 aromatic carbocycles. The third-order valence-corrected chi connectivity index (χ3v) is 5.79. The number of amides is 2. The van der Waals surface area contributed by atoms with Gasteiger partial charge in [0.1, 0.15) is 18.1 Å². The first-order valence-electron chi connectivity index (χ1n) is 10.3. The summed E-state index contributed by atoms with van der Waals surface area (Å²) in [6, 6.07) is 5.38. The standard InChI is InChI=1S/C22H27N3O5/c1-14-13-29-20-5-4-17(22(27)24-6-8-28-9-7-24)10-18(20)12-25(14)21(26)11-19-15(2)23-30-16(19)3/h4-5,10,14H,6-9,11-13H2,1-3H3. The van der Waals surface area contributed by atoms with Gasteiger partial charge in [-0.05, 0) is 39.0 Å². The fourth-order valence-electron chi connectivity index (χ4n) is 3.91. The van der Waals surface area contributed by atoms with Crippen LogP contribution >= 0.6 is 0 Å². The van der Waals surface area contributed by atoms with Crippen LogP contribution < -0.4 is 4.74 Å². The molecule has 1 fully saturated rings. The van der Waals surface area contributed by atoms with E-state index >= 15 is 0 Å². The first kappa shape index (κ1) is 20.4. The highest BCUT2D eigenvalue weighted by Gasteiger charge is 2.28. The van der Waals surface area contributed by atoms with E-state index in [4.69, 9.17) is 14.0 Å². The van der Waals surface area contributed by atoms with Crippen molar-refractivity contribution in [3.05, 3.63) is 46.3 Å². The van der Waals surface area contributed by atoms with Crippen molar-refractivity contribution < 1.29 is 23.6 Å². The molecule has 0 aliphatic carbocycles. The van der Waals surface area contributed by atoms with Crippen molar-refractivity contribution in [3.63, 3.8) is 0 Å². The molecule has 30 heavy (non-hydrogen) atoms. The van der Waals surface area contributed by atoms with Crippen molar-refractivity contribution >= 4 is 11.8 Å². The summed E-state index contributed by atoms with van der Waals surface area (Å²) in [5, 5.41) is 3.94. The minimum atomic E-state index is -0.0937. The number of aryl methyl sites for hydroxylation is 2. The molecule has 2 aliphatic rings. The lowest BCUT2D eigenvalue weighted by Crippen LogP contribution is -2.41. The second-order valence-corrected chi connectivity index (χ2v) is 7.89. The quantitative estimate of drug-likeness (QED) is 0.766. The molecule has 2 aromatic rings. The second-order valence-electron chi connectivity index (χ2n) is 7.89. The van der Waals surface area contributed by atoms with Crippen LogP contribution in [0.5, 0.6) is 5.75 Å². The largest absolute Gasteiger partial charge is 0.491 e. The van der Waals surface area contributed by atoms with Gasteiger partial charge >= 0.3 is 0 Å². The van der Waals surface area contributed by atoms with E-state index in [1.807, 2.05) is 32.9 Å². The smallest absolute Gasteiger partial charge is 0.254 e. The number of morpholine rings is 1. The molecule has 1 atom stereocenters. The summed E-state index contributed by atoms with van der Waals surface area (Å²) in [7, 11) is 0. The van der Waals surface area contributed by atoms with Crippen LogP contribution in [0.4, 0.5) is 0 Å². The van der Waals surface area contributed by atoms with Gasteiger partial charge in [0.05, 0.1) is 31.4 Å². The molecule has 0 radical (unpaired) electrons. The zero-order chi connectivity index (χ0) is 21.3. The van der Waals surface area contributed by atoms with Crippen molar-refractivity contribution in [2.45, 2.75) is 39.8 Å². The summed E-state index contributed by atoms with van der Waals surface area (Å²) < 4.78 is 16.5. The van der Waals surface area contributed by atoms with Crippen molar-refractivity contribution in [1.82, 2.24) is 15.0 Å². The van der Waals surface area contributed by atoms with E-state index in [0.717, 1.165) is 16.8 Å². The predicted octanol–water partition coefficient (Wildman–Crippen LogP) is 2.12. The average molecular weight is 413 g/mol. The molecule has 0 N–H and O–H groups in total. The lowest BCUT2D eigenvalue weighted by atomic mass is 10.1. The van der Waals surface area contributed by atoms with Crippen LogP contribution in [-0.2, 0) is 22.5 Å². The van der Waals surface area contributed by atoms with Gasteiger partial charge in [-0.15, -0.1) is 0 Å². The third-order valence-electron chi connectivity index (χ3n) is 5.79. The molecule has 0 spiro atoms. The minimum absolute atomic E-state index is 0.0155. The maximum Gasteiger partial charge on any atom is 0.254 e. The molecule has 0 bridgehead atoms. The topological polar surface area (TPSA) is 85.1 Å². The van der Waals surface area contributed by atoms with Gasteiger partial charge in [0.25, 0.3) is 5.91 Å². The highest BCUT2D eigenvalue weighted by atomic mass is 16.5. The fraction of sp³-hybridized carbons (Fsp3) is 0.500. The van der Waals surface area contributed by atoms with Crippen LogP contribution in [0.2, 0.25) is 0 Å². The van der Waals surface area contributed by atoms with Gasteiger partial charge in [0, 0.05) is 36.3 Å². The van der Waals surface area contributed by atoms with E-state index in [2.05, 4.69) is 5.16 Å². The minimum Gasteiger partial charge on any atom is -0.491 e. The Morgan fingerprint density at radius 1 is 1.20 bits per heavy atom. The first-order valence-corrected chi connectivity index (χ1v) is 10.3. The summed E-state index contributed by atoms with van der Waals surface area (Å²) in [5.41, 5.74) is 3.00. The number of aromatic nitrogens is 1. The molecule has 8 heteroatoms. The maximum absolute atomic E-state index is 13.1. The monoisotopic (exact) mass is 413 g/mol. The maximum atomic E-state index is 13.1. The van der Waals surface area contributed by atoms with E-state index in [1.54, 1.807) is 15.9 Å². The Kier molecular flexibility index (Phi) is 5.76. The number of hydrogen-bond acceptors (Lipinski definition) is 6. The number of benzene rings is 1. The van der Waals surface area contributed by atoms with Crippen LogP contribution in [0, 0.1) is 13.8 Å². The molecule has 1 saturated heterocycles. The fourth-order valence-corrected chi connectivity index (χ4v) is 3.91. The Balaban J connectivity index is 1.55. The normalized spacial score (nSPS) is 19.1. The summed E-state index contributed by atoms with van der Waals surface area (Å²) in [6.45, 7) is 8.71. The van der Waals surface area contributed by atoms with Gasteiger partial charge in [-0.1, -0.05) is 5.16 Å². The van der Waals surface area contributed by atoms with Gasteiger partial charge in [-0.25, -0.2) is 0 Å². The zero-order valence-electron chi connectivity index (χ0n) is 17.6. The van der Waals surface area contributed by atoms with Gasteiger partial charge in [0.2, 0.25) is 5.91 Å². The van der Waals surface area contributed by atoms with E-state index in [-0.39, 0.29) is 24.3 Å². The Labute approximate surface area is 175 Å². The Morgan fingerprint density at radius 2 is 1.97 bits per heavy atom. The van der Waals surface area contributed by atoms with Crippen molar-refractivity contribution in [2.75, 3.05) is 32.9 Å². The van der Waals surface area contributed by atoms with E-state index < -0.39 is 0 Å². The highest BCUT2D eigenvalue weighted by molar-refractivity contribution is 5.94. The average Bonchev–Trinajstić information content (AvgIpc) is 2.97. The van der Waals surface area contributed by atoms with Crippen LogP contribution in [0.1, 0.15) is 39.9 Å². The summed E-state index contributed by atoms with van der Waals surface area (Å²) in [4.78, 5) is 29.6. The molecular weight excluding hydrogens is 386 g/mol. The highest BCUT2D eigenvalue weighted by Crippen LogP contribution is 2.28. The molecule has 4 rings (SSSR count). The van der Waals surface area contributed by atoms with Crippen molar-refractivity contribution in [2.24, 2.45) is 0 Å². The molecule has 2 aliphatic heterocycles. The Morgan fingerprint density at radius 3 is 2.67 bits per heavy atom. The number of hydrogen-bond donors (Lipinski definition) is 0. The lowest BCUT2D eigenvalue weighted by Gasteiger charge is -2.27. The second kappa shape index (κ2) is 8.47. The first-order chi connectivity index (χ1) is 14.4. The molecule has 160 valence electrons.